The predicted octanol–water partition coefficient (Wildman–Crippen LogP) is 3.58. The van der Waals surface area contributed by atoms with Crippen LogP contribution in [-0.4, -0.2) is 23.4 Å². The molecule has 3 rings (SSSR count). The molecule has 0 radical (unpaired) electrons. The van der Waals surface area contributed by atoms with E-state index in [-0.39, 0.29) is 0 Å². The summed E-state index contributed by atoms with van der Waals surface area (Å²) < 4.78 is 2.09. The van der Waals surface area contributed by atoms with Gasteiger partial charge < -0.3 is 10.0 Å². The molecule has 0 saturated carbocycles. The summed E-state index contributed by atoms with van der Waals surface area (Å²) in [5.41, 5.74) is 6.05. The van der Waals surface area contributed by atoms with Gasteiger partial charge in [0.2, 0.25) is 0 Å². The van der Waals surface area contributed by atoms with Gasteiger partial charge >= 0.3 is 7.12 Å². The highest BCUT2D eigenvalue weighted by Crippen LogP contribution is 2.14. The maximum absolute atomic E-state index is 9.21. The zero-order valence-corrected chi connectivity index (χ0v) is 18.3. The van der Waals surface area contributed by atoms with Crippen LogP contribution >= 0.6 is 0 Å². The van der Waals surface area contributed by atoms with Crippen LogP contribution in [0.5, 0.6) is 0 Å². The summed E-state index contributed by atoms with van der Waals surface area (Å²) in [4.78, 5) is 4.54. The first-order valence-corrected chi connectivity index (χ1v) is 10.6. The average Bonchev–Trinajstić information content (AvgIpc) is 2.82. The lowest BCUT2D eigenvalue weighted by Gasteiger charge is -2.03. The van der Waals surface area contributed by atoms with Crippen LogP contribution in [0.4, 0.5) is 0 Å². The van der Waals surface area contributed by atoms with E-state index in [4.69, 9.17) is 0 Å². The number of pyridine rings is 1. The van der Waals surface area contributed by atoms with Crippen molar-refractivity contribution in [1.29, 1.82) is 0 Å². The first-order valence-electron chi connectivity index (χ1n) is 10.6. The molecule has 0 aliphatic heterocycles. The van der Waals surface area contributed by atoms with Gasteiger partial charge in [-0.3, -0.25) is 4.99 Å². The number of aliphatic imine (C=N–C) groups is 1. The van der Waals surface area contributed by atoms with Gasteiger partial charge in [0.15, 0.2) is 18.9 Å². The second kappa shape index (κ2) is 11.7. The van der Waals surface area contributed by atoms with Crippen LogP contribution in [0.1, 0.15) is 29.2 Å². The van der Waals surface area contributed by atoms with Crippen molar-refractivity contribution in [3.63, 3.8) is 0 Å². The number of hydrogen-bond acceptors (Lipinski definition) is 3. The van der Waals surface area contributed by atoms with Gasteiger partial charge in [0.25, 0.3) is 0 Å². The summed E-state index contributed by atoms with van der Waals surface area (Å²) >= 11 is 0. The first kappa shape index (κ1) is 23.1. The minimum Gasteiger partial charge on any atom is -0.423 e. The summed E-state index contributed by atoms with van der Waals surface area (Å²) in [6.45, 7) is 7.12. The SMILES string of the molecule is C=Cc1ccc(C/N=C/C=C(\C=C/C)c2cc[n+](Cc3ccc(B(O)O)cc3)cc2)cc1. The van der Waals surface area contributed by atoms with Crippen LogP contribution in [0.25, 0.3) is 11.6 Å². The van der Waals surface area contributed by atoms with Crippen LogP contribution in [-0.2, 0) is 13.1 Å². The van der Waals surface area contributed by atoms with E-state index in [0.29, 0.717) is 18.6 Å². The number of hydrogen-bond donors (Lipinski definition) is 2. The van der Waals surface area contributed by atoms with Crippen molar-refractivity contribution in [2.45, 2.75) is 20.0 Å². The summed E-state index contributed by atoms with van der Waals surface area (Å²) in [5, 5.41) is 18.4. The summed E-state index contributed by atoms with van der Waals surface area (Å²) in [6, 6.07) is 19.7. The Labute approximate surface area is 190 Å². The molecule has 160 valence electrons. The minimum absolute atomic E-state index is 0.491. The molecule has 1 heterocycles. The molecule has 0 fully saturated rings. The third-order valence-electron chi connectivity index (χ3n) is 5.06. The number of benzene rings is 2. The summed E-state index contributed by atoms with van der Waals surface area (Å²) in [6.07, 6.45) is 13.9. The highest BCUT2D eigenvalue weighted by molar-refractivity contribution is 6.58. The average molecular weight is 423 g/mol. The lowest BCUT2D eigenvalue weighted by molar-refractivity contribution is -0.688. The molecule has 0 spiro atoms. The van der Waals surface area contributed by atoms with E-state index in [0.717, 1.165) is 27.8 Å². The molecule has 2 aromatic carbocycles. The number of nitrogens with zero attached hydrogens (tertiary/aromatic N) is 2. The summed E-state index contributed by atoms with van der Waals surface area (Å²) in [7, 11) is -1.44. The fraction of sp³-hybridized carbons (Fsp3) is 0.111. The number of allylic oxidation sites excluding steroid dienone is 4. The topological polar surface area (TPSA) is 56.7 Å². The van der Waals surface area contributed by atoms with Crippen molar-refractivity contribution in [3.05, 3.63) is 120 Å². The lowest BCUT2D eigenvalue weighted by atomic mass is 9.80. The molecule has 32 heavy (non-hydrogen) atoms. The molecule has 4 nitrogen and oxygen atoms in total. The smallest absolute Gasteiger partial charge is 0.423 e. The zero-order chi connectivity index (χ0) is 22.8. The van der Waals surface area contributed by atoms with Crippen LogP contribution in [0, 0.1) is 0 Å². The molecule has 1 aromatic heterocycles. The van der Waals surface area contributed by atoms with Gasteiger partial charge in [0.1, 0.15) is 0 Å². The molecular weight excluding hydrogens is 395 g/mol. The van der Waals surface area contributed by atoms with E-state index in [1.807, 2.05) is 68.0 Å². The van der Waals surface area contributed by atoms with Gasteiger partial charge in [-0.25, -0.2) is 4.57 Å². The molecular formula is C27H28BN2O2+. The second-order valence-electron chi connectivity index (χ2n) is 7.43. The van der Waals surface area contributed by atoms with Crippen LogP contribution < -0.4 is 10.0 Å². The number of aromatic nitrogens is 1. The summed E-state index contributed by atoms with van der Waals surface area (Å²) in [5.74, 6) is 0. The van der Waals surface area contributed by atoms with E-state index in [1.165, 1.54) is 0 Å². The Morgan fingerprint density at radius 2 is 1.62 bits per heavy atom. The van der Waals surface area contributed by atoms with Crippen molar-refractivity contribution < 1.29 is 14.6 Å². The van der Waals surface area contributed by atoms with Crippen LogP contribution in [0.15, 0.2) is 103 Å². The first-order chi connectivity index (χ1) is 15.6. The minimum atomic E-state index is -1.44. The Morgan fingerprint density at radius 1 is 0.969 bits per heavy atom. The molecule has 0 aliphatic carbocycles. The van der Waals surface area contributed by atoms with Crippen molar-refractivity contribution in [2.24, 2.45) is 4.99 Å². The highest BCUT2D eigenvalue weighted by Gasteiger charge is 2.11. The van der Waals surface area contributed by atoms with Crippen LogP contribution in [0.2, 0.25) is 0 Å². The van der Waals surface area contributed by atoms with Gasteiger partial charge in [-0.05, 0) is 40.7 Å². The third kappa shape index (κ3) is 6.74. The predicted molar refractivity (Wildman–Crippen MR) is 134 cm³/mol. The van der Waals surface area contributed by atoms with E-state index in [9.17, 15) is 10.0 Å². The Morgan fingerprint density at radius 3 is 2.22 bits per heavy atom. The maximum atomic E-state index is 9.21. The quantitative estimate of drug-likeness (QED) is 0.239. The Bertz CT molecular complexity index is 1100. The molecule has 0 unspecified atom stereocenters. The molecule has 3 aromatic rings. The fourth-order valence-electron chi connectivity index (χ4n) is 3.24. The third-order valence-corrected chi connectivity index (χ3v) is 5.06. The Kier molecular flexibility index (Phi) is 8.49. The van der Waals surface area contributed by atoms with Crippen molar-refractivity contribution in [3.8, 4) is 0 Å². The van der Waals surface area contributed by atoms with Gasteiger partial charge in [0, 0.05) is 23.9 Å². The second-order valence-corrected chi connectivity index (χ2v) is 7.43. The maximum Gasteiger partial charge on any atom is 0.488 e. The number of rotatable bonds is 9. The molecule has 0 saturated heterocycles. The zero-order valence-electron chi connectivity index (χ0n) is 18.3. The van der Waals surface area contributed by atoms with Gasteiger partial charge in [-0.2, -0.15) is 0 Å². The normalized spacial score (nSPS) is 11.9. The van der Waals surface area contributed by atoms with Crippen molar-refractivity contribution in [1.82, 2.24) is 0 Å². The van der Waals surface area contributed by atoms with Crippen LogP contribution in [0.3, 0.4) is 0 Å². The molecule has 0 amide bonds. The molecule has 0 bridgehead atoms. The van der Waals surface area contributed by atoms with Gasteiger partial charge in [-0.15, -0.1) is 0 Å². The van der Waals surface area contributed by atoms with E-state index in [1.54, 1.807) is 12.1 Å². The molecule has 0 atom stereocenters. The lowest BCUT2D eigenvalue weighted by Crippen LogP contribution is -2.34. The Balaban J connectivity index is 1.65. The molecule has 2 N–H and O–H groups in total. The molecule has 0 aliphatic rings. The largest absolute Gasteiger partial charge is 0.488 e. The standard InChI is InChI=1S/C27H28BN2O2/c1-3-5-25(14-17-29-20-23-8-6-22(4-2)7-9-23)26-15-18-30(19-16-26)21-24-10-12-27(13-11-24)28(31)32/h3-19,31-32H,2,20-21H2,1H3/q+1/b5-3-,25-14+,29-17+. The van der Waals surface area contributed by atoms with Crippen molar-refractivity contribution >= 4 is 30.4 Å². The highest BCUT2D eigenvalue weighted by atomic mass is 16.4. The fourth-order valence-corrected chi connectivity index (χ4v) is 3.24. The van der Waals surface area contributed by atoms with E-state index in [2.05, 4.69) is 46.5 Å². The van der Waals surface area contributed by atoms with E-state index < -0.39 is 7.12 Å². The monoisotopic (exact) mass is 423 g/mol. The molecule has 5 heteroatoms. The van der Waals surface area contributed by atoms with Gasteiger partial charge in [-0.1, -0.05) is 73.3 Å². The van der Waals surface area contributed by atoms with Crippen molar-refractivity contribution in [2.75, 3.05) is 0 Å². The van der Waals surface area contributed by atoms with E-state index >= 15 is 0 Å². The Hall–Kier alpha value is -3.54. The van der Waals surface area contributed by atoms with Gasteiger partial charge in [0.05, 0.1) is 6.54 Å².